The molecular formula is C20H23NO5S. The van der Waals surface area contributed by atoms with Crippen molar-refractivity contribution in [2.45, 2.75) is 0 Å². The van der Waals surface area contributed by atoms with E-state index in [1.807, 2.05) is 42.5 Å². The Morgan fingerprint density at radius 3 is 2.33 bits per heavy atom. The molecule has 27 heavy (non-hydrogen) atoms. The van der Waals surface area contributed by atoms with Gasteiger partial charge in [0.05, 0.1) is 18.9 Å². The number of ether oxygens (including phenoxy) is 2. The highest BCUT2D eigenvalue weighted by Crippen LogP contribution is 2.13. The van der Waals surface area contributed by atoms with E-state index < -0.39 is 16.0 Å². The second-order valence-electron chi connectivity index (χ2n) is 5.80. The van der Waals surface area contributed by atoms with Gasteiger partial charge in [-0.25, -0.2) is 13.2 Å². The van der Waals surface area contributed by atoms with E-state index in [4.69, 9.17) is 4.74 Å². The molecule has 0 aromatic heterocycles. The number of rotatable bonds is 9. The van der Waals surface area contributed by atoms with E-state index in [9.17, 15) is 13.2 Å². The number of benzene rings is 2. The average molecular weight is 389 g/mol. The van der Waals surface area contributed by atoms with Gasteiger partial charge in [0.15, 0.2) is 0 Å². The number of methoxy groups -OCH3 is 1. The summed E-state index contributed by atoms with van der Waals surface area (Å²) in [5, 5.41) is 0. The van der Waals surface area contributed by atoms with Crippen LogP contribution < -0.4 is 4.74 Å². The number of hydrogen-bond donors (Lipinski definition) is 0. The van der Waals surface area contributed by atoms with Crippen LogP contribution in [0.4, 0.5) is 0 Å². The van der Waals surface area contributed by atoms with Crippen LogP contribution in [0.15, 0.2) is 60.7 Å². The molecule has 0 unspecified atom stereocenters. The first-order chi connectivity index (χ1) is 12.9. The summed E-state index contributed by atoms with van der Waals surface area (Å²) < 4.78 is 35.5. The maximum atomic E-state index is 12.0. The zero-order valence-corrected chi connectivity index (χ0v) is 16.2. The van der Waals surface area contributed by atoms with Crippen LogP contribution >= 0.6 is 0 Å². The van der Waals surface area contributed by atoms with Crippen LogP contribution in [0.1, 0.15) is 15.9 Å². The Morgan fingerprint density at radius 2 is 1.74 bits per heavy atom. The summed E-state index contributed by atoms with van der Waals surface area (Å²) >= 11 is 0. The maximum Gasteiger partial charge on any atom is 0.337 e. The Hall–Kier alpha value is -2.64. The van der Waals surface area contributed by atoms with Crippen molar-refractivity contribution < 1.29 is 22.7 Å². The molecule has 0 heterocycles. The SMILES string of the molecule is COC(=O)c1ccc(OCCN(C/C=C/c2ccccc2)S(C)(=O)=O)cc1. The molecule has 0 aliphatic heterocycles. The number of carbonyl (C=O) groups is 1. The highest BCUT2D eigenvalue weighted by Gasteiger charge is 2.15. The van der Waals surface area contributed by atoms with Gasteiger partial charge in [-0.1, -0.05) is 42.5 Å². The lowest BCUT2D eigenvalue weighted by Gasteiger charge is -2.18. The van der Waals surface area contributed by atoms with Crippen LogP contribution in [0, 0.1) is 0 Å². The fourth-order valence-electron chi connectivity index (χ4n) is 2.33. The lowest BCUT2D eigenvalue weighted by Crippen LogP contribution is -2.33. The van der Waals surface area contributed by atoms with Crippen molar-refractivity contribution in [3.05, 3.63) is 71.8 Å². The first-order valence-electron chi connectivity index (χ1n) is 8.38. The Kier molecular flexibility index (Phi) is 7.57. The molecule has 0 amide bonds. The molecule has 0 saturated heterocycles. The molecule has 0 N–H and O–H groups in total. The topological polar surface area (TPSA) is 72.9 Å². The minimum atomic E-state index is -3.35. The van der Waals surface area contributed by atoms with E-state index in [0.29, 0.717) is 11.3 Å². The highest BCUT2D eigenvalue weighted by atomic mass is 32.2. The van der Waals surface area contributed by atoms with Crippen LogP contribution in [-0.4, -0.2) is 51.8 Å². The summed E-state index contributed by atoms with van der Waals surface area (Å²) in [7, 11) is -2.04. The Labute approximate surface area is 160 Å². The van der Waals surface area contributed by atoms with E-state index in [1.165, 1.54) is 17.7 Å². The van der Waals surface area contributed by atoms with Gasteiger partial charge in [0.2, 0.25) is 10.0 Å². The third kappa shape index (κ3) is 6.88. The van der Waals surface area contributed by atoms with Gasteiger partial charge in [-0.15, -0.1) is 0 Å². The van der Waals surface area contributed by atoms with E-state index in [2.05, 4.69) is 4.74 Å². The highest BCUT2D eigenvalue weighted by molar-refractivity contribution is 7.88. The summed E-state index contributed by atoms with van der Waals surface area (Å²) in [5.74, 6) is 0.130. The molecule has 6 nitrogen and oxygen atoms in total. The van der Waals surface area contributed by atoms with Crippen molar-refractivity contribution in [2.24, 2.45) is 0 Å². The molecule has 0 atom stereocenters. The van der Waals surface area contributed by atoms with Crippen molar-refractivity contribution in [2.75, 3.05) is 33.1 Å². The van der Waals surface area contributed by atoms with Crippen LogP contribution in [0.5, 0.6) is 5.75 Å². The molecule has 2 rings (SSSR count). The number of nitrogens with zero attached hydrogens (tertiary/aromatic N) is 1. The van der Waals surface area contributed by atoms with E-state index in [-0.39, 0.29) is 19.7 Å². The number of sulfonamides is 1. The van der Waals surface area contributed by atoms with Crippen LogP contribution in [0.2, 0.25) is 0 Å². The molecule has 7 heteroatoms. The van der Waals surface area contributed by atoms with Crippen molar-refractivity contribution >= 4 is 22.1 Å². The zero-order chi connectivity index (χ0) is 19.7. The Bertz CT molecular complexity index is 861. The molecule has 0 aliphatic carbocycles. The zero-order valence-electron chi connectivity index (χ0n) is 15.4. The minimum Gasteiger partial charge on any atom is -0.492 e. The second kappa shape index (κ2) is 9.89. The number of carbonyl (C=O) groups excluding carboxylic acids is 1. The minimum absolute atomic E-state index is 0.198. The van der Waals surface area contributed by atoms with E-state index >= 15 is 0 Å². The monoisotopic (exact) mass is 389 g/mol. The van der Waals surface area contributed by atoms with Crippen LogP contribution in [-0.2, 0) is 14.8 Å². The van der Waals surface area contributed by atoms with Gasteiger partial charge in [-0.2, -0.15) is 4.31 Å². The largest absolute Gasteiger partial charge is 0.492 e. The van der Waals surface area contributed by atoms with Gasteiger partial charge in [-0.05, 0) is 29.8 Å². The summed E-state index contributed by atoms with van der Waals surface area (Å²) in [5.41, 5.74) is 1.43. The van der Waals surface area contributed by atoms with Gasteiger partial charge in [0, 0.05) is 13.1 Å². The van der Waals surface area contributed by atoms with Crippen molar-refractivity contribution in [3.63, 3.8) is 0 Å². The molecule has 0 bridgehead atoms. The van der Waals surface area contributed by atoms with Gasteiger partial charge >= 0.3 is 5.97 Å². The molecule has 0 saturated carbocycles. The summed E-state index contributed by atoms with van der Waals surface area (Å²) in [6.45, 7) is 0.679. The van der Waals surface area contributed by atoms with Gasteiger partial charge < -0.3 is 9.47 Å². The third-order valence-electron chi connectivity index (χ3n) is 3.77. The molecule has 144 valence electrons. The van der Waals surface area contributed by atoms with Crippen molar-refractivity contribution in [3.8, 4) is 5.75 Å². The van der Waals surface area contributed by atoms with Gasteiger partial charge in [0.25, 0.3) is 0 Å². The van der Waals surface area contributed by atoms with Crippen LogP contribution in [0.3, 0.4) is 0 Å². The fourth-order valence-corrected chi connectivity index (χ4v) is 3.10. The normalized spacial score (nSPS) is 11.7. The van der Waals surface area contributed by atoms with Gasteiger partial charge in [-0.3, -0.25) is 0 Å². The van der Waals surface area contributed by atoms with Crippen LogP contribution in [0.25, 0.3) is 6.08 Å². The standard InChI is InChI=1S/C20H23NO5S/c1-25-20(22)18-10-12-19(13-11-18)26-16-15-21(27(2,23)24)14-6-9-17-7-4-3-5-8-17/h3-13H,14-16H2,1-2H3/b9-6+. The molecule has 2 aromatic carbocycles. The van der Waals surface area contributed by atoms with E-state index in [1.54, 1.807) is 24.3 Å². The Balaban J connectivity index is 1.89. The summed E-state index contributed by atoms with van der Waals surface area (Å²) in [6, 6.07) is 16.1. The predicted octanol–water partition coefficient (Wildman–Crippen LogP) is 2.83. The Morgan fingerprint density at radius 1 is 1.07 bits per heavy atom. The van der Waals surface area contributed by atoms with Crippen molar-refractivity contribution in [1.82, 2.24) is 4.31 Å². The summed E-state index contributed by atoms with van der Waals surface area (Å²) in [4.78, 5) is 11.4. The first-order valence-corrected chi connectivity index (χ1v) is 10.2. The van der Waals surface area contributed by atoms with Gasteiger partial charge in [0.1, 0.15) is 12.4 Å². The lowest BCUT2D eigenvalue weighted by molar-refractivity contribution is 0.0600. The molecular weight excluding hydrogens is 366 g/mol. The number of esters is 1. The molecule has 2 aromatic rings. The maximum absolute atomic E-state index is 12.0. The van der Waals surface area contributed by atoms with E-state index in [0.717, 1.165) is 5.56 Å². The summed E-state index contributed by atoms with van der Waals surface area (Å²) in [6.07, 6.45) is 4.86. The second-order valence-corrected chi connectivity index (χ2v) is 7.78. The first kappa shape index (κ1) is 20.7. The molecule has 0 radical (unpaired) electrons. The molecule has 0 spiro atoms. The fraction of sp³-hybridized carbons (Fsp3) is 0.250. The third-order valence-corrected chi connectivity index (χ3v) is 5.04. The number of hydrogen-bond acceptors (Lipinski definition) is 5. The molecule has 0 aliphatic rings. The smallest absolute Gasteiger partial charge is 0.337 e. The average Bonchev–Trinajstić information content (AvgIpc) is 2.66. The lowest BCUT2D eigenvalue weighted by atomic mass is 10.2. The van der Waals surface area contributed by atoms with Crippen molar-refractivity contribution in [1.29, 1.82) is 0 Å². The quantitative estimate of drug-likeness (QED) is 0.617. The molecule has 0 fully saturated rings. The predicted molar refractivity (Wildman–Crippen MR) is 105 cm³/mol.